The van der Waals surface area contributed by atoms with E-state index in [2.05, 4.69) is 57.1 Å². The summed E-state index contributed by atoms with van der Waals surface area (Å²) >= 11 is 0. The van der Waals surface area contributed by atoms with E-state index in [9.17, 15) is 0 Å². The minimum Gasteiger partial charge on any atom is -0.370 e. The summed E-state index contributed by atoms with van der Waals surface area (Å²) < 4.78 is 0. The van der Waals surface area contributed by atoms with E-state index < -0.39 is 0 Å². The first-order chi connectivity index (χ1) is 12.2. The highest BCUT2D eigenvalue weighted by Crippen LogP contribution is 2.24. The maximum absolute atomic E-state index is 6.16. The average Bonchev–Trinajstić information content (AvgIpc) is 2.67. The van der Waals surface area contributed by atoms with Gasteiger partial charge >= 0.3 is 0 Å². The van der Waals surface area contributed by atoms with E-state index in [4.69, 9.17) is 5.73 Å². The van der Waals surface area contributed by atoms with Crippen molar-refractivity contribution in [1.29, 1.82) is 0 Å². The third-order valence-electron chi connectivity index (χ3n) is 5.44. The number of guanidine groups is 1. The molecule has 3 rings (SSSR count). The van der Waals surface area contributed by atoms with Crippen LogP contribution < -0.4 is 5.73 Å². The summed E-state index contributed by atoms with van der Waals surface area (Å²) in [5.41, 5.74) is 7.58. The predicted molar refractivity (Wildman–Crippen MR) is 120 cm³/mol. The Hall–Kier alpha value is -0.860. The number of piperazine rings is 1. The number of benzene rings is 1. The second kappa shape index (κ2) is 11.1. The van der Waals surface area contributed by atoms with Gasteiger partial charge in [-0.3, -0.25) is 9.89 Å². The Morgan fingerprint density at radius 2 is 1.81 bits per heavy atom. The van der Waals surface area contributed by atoms with E-state index in [1.165, 1.54) is 24.8 Å². The zero-order chi connectivity index (χ0) is 17.5. The number of likely N-dealkylation sites (N-methyl/N-ethyl adjacent to an activating group) is 1. The summed E-state index contributed by atoms with van der Waals surface area (Å²) in [6, 6.07) is 11.4. The molecule has 2 fully saturated rings. The highest BCUT2D eigenvalue weighted by Gasteiger charge is 2.25. The van der Waals surface area contributed by atoms with Gasteiger partial charge < -0.3 is 15.5 Å². The van der Waals surface area contributed by atoms with Crippen molar-refractivity contribution in [2.75, 3.05) is 52.9 Å². The van der Waals surface area contributed by atoms with Crippen molar-refractivity contribution in [2.45, 2.75) is 31.7 Å². The van der Waals surface area contributed by atoms with Crippen LogP contribution in [0.1, 0.15) is 37.3 Å². The van der Waals surface area contributed by atoms with Crippen molar-refractivity contribution in [3.05, 3.63) is 35.9 Å². The number of nitrogens with two attached hydrogens (primary N) is 1. The molecule has 2 aliphatic heterocycles. The predicted octanol–water partition coefficient (Wildman–Crippen LogP) is 2.78. The number of hydrogen-bond donors (Lipinski definition) is 1. The summed E-state index contributed by atoms with van der Waals surface area (Å²) in [5.74, 6) is 0.748. The first-order valence-corrected chi connectivity index (χ1v) is 9.76. The van der Waals surface area contributed by atoms with Crippen LogP contribution in [0.3, 0.4) is 0 Å². The van der Waals surface area contributed by atoms with Crippen molar-refractivity contribution in [2.24, 2.45) is 10.7 Å². The van der Waals surface area contributed by atoms with Crippen LogP contribution in [0, 0.1) is 0 Å². The van der Waals surface area contributed by atoms with Gasteiger partial charge in [-0.25, -0.2) is 0 Å². The number of aliphatic imine (C=N–C) groups is 1. The Bertz CT molecular complexity index is 544. The number of likely N-dealkylation sites (tertiary alicyclic amines) is 1. The third kappa shape index (κ3) is 6.09. The van der Waals surface area contributed by atoms with E-state index >= 15 is 0 Å². The minimum absolute atomic E-state index is 0. The molecule has 26 heavy (non-hydrogen) atoms. The molecule has 0 spiro atoms. The summed E-state index contributed by atoms with van der Waals surface area (Å²) in [4.78, 5) is 11.9. The molecule has 1 aromatic rings. The highest BCUT2D eigenvalue weighted by molar-refractivity contribution is 14.0. The van der Waals surface area contributed by atoms with Crippen molar-refractivity contribution < 1.29 is 0 Å². The van der Waals surface area contributed by atoms with E-state index in [1.807, 2.05) is 0 Å². The summed E-state index contributed by atoms with van der Waals surface area (Å²) in [5, 5.41) is 0. The monoisotopic (exact) mass is 471 g/mol. The lowest BCUT2D eigenvalue weighted by molar-refractivity contribution is 0.0894. The lowest BCUT2D eigenvalue weighted by Gasteiger charge is -2.40. The fraction of sp³-hybridized carbons (Fsp3) is 0.650. The quantitative estimate of drug-likeness (QED) is 0.311. The van der Waals surface area contributed by atoms with Gasteiger partial charge in [-0.05, 0) is 38.3 Å². The van der Waals surface area contributed by atoms with Crippen molar-refractivity contribution >= 4 is 29.9 Å². The molecule has 0 amide bonds. The molecule has 6 heteroatoms. The van der Waals surface area contributed by atoms with Crippen LogP contribution in [0.25, 0.3) is 0 Å². The number of nitrogens with zero attached hydrogens (tertiary/aromatic N) is 4. The van der Waals surface area contributed by atoms with Crippen LogP contribution >= 0.6 is 24.0 Å². The normalized spacial score (nSPS) is 22.9. The third-order valence-corrected chi connectivity index (χ3v) is 5.44. The Morgan fingerprint density at radius 3 is 2.54 bits per heavy atom. The van der Waals surface area contributed by atoms with Gasteiger partial charge in [0.2, 0.25) is 0 Å². The molecule has 1 unspecified atom stereocenters. The zero-order valence-corrected chi connectivity index (χ0v) is 18.3. The molecule has 146 valence electrons. The second-order valence-corrected chi connectivity index (χ2v) is 7.37. The summed E-state index contributed by atoms with van der Waals surface area (Å²) in [7, 11) is 2.22. The van der Waals surface area contributed by atoms with E-state index in [1.54, 1.807) is 0 Å². The summed E-state index contributed by atoms with van der Waals surface area (Å²) in [6.45, 7) is 7.43. The van der Waals surface area contributed by atoms with Crippen LogP contribution in [-0.4, -0.2) is 73.5 Å². The molecule has 0 aromatic heterocycles. The molecule has 1 aromatic carbocycles. The van der Waals surface area contributed by atoms with E-state index in [0.717, 1.165) is 58.2 Å². The first-order valence-electron chi connectivity index (χ1n) is 9.76. The molecule has 2 saturated heterocycles. The van der Waals surface area contributed by atoms with Gasteiger partial charge in [0.15, 0.2) is 5.96 Å². The molecule has 0 bridgehead atoms. The first kappa shape index (κ1) is 21.4. The fourth-order valence-corrected chi connectivity index (χ4v) is 3.91. The molecule has 2 heterocycles. The Balaban J connectivity index is 0.00000243. The Kier molecular flexibility index (Phi) is 9.15. The molecule has 0 aliphatic carbocycles. The molecular weight excluding hydrogens is 437 g/mol. The Labute approximate surface area is 175 Å². The SMILES string of the molecule is CN1CCN(CCCN=C(N)N2CCCCC2)C(c2ccccc2)C1.I. The maximum atomic E-state index is 6.16. The number of piperidine rings is 1. The van der Waals surface area contributed by atoms with Crippen molar-refractivity contribution in [3.8, 4) is 0 Å². The van der Waals surface area contributed by atoms with Gasteiger partial charge in [-0.15, -0.1) is 24.0 Å². The van der Waals surface area contributed by atoms with Gasteiger partial charge in [0.05, 0.1) is 0 Å². The molecule has 5 nitrogen and oxygen atoms in total. The maximum Gasteiger partial charge on any atom is 0.191 e. The van der Waals surface area contributed by atoms with E-state index in [0.29, 0.717) is 6.04 Å². The number of rotatable bonds is 5. The zero-order valence-electron chi connectivity index (χ0n) is 16.0. The molecule has 0 saturated carbocycles. The molecule has 0 radical (unpaired) electrons. The molecular formula is C20H34IN5. The summed E-state index contributed by atoms with van der Waals surface area (Å²) in [6.07, 6.45) is 4.89. The lowest BCUT2D eigenvalue weighted by Crippen LogP contribution is -2.47. The van der Waals surface area contributed by atoms with Gasteiger partial charge in [-0.1, -0.05) is 30.3 Å². The standard InChI is InChI=1S/C20H33N5.HI/c1-23-15-16-24(19(17-23)18-9-4-2-5-10-18)14-8-11-22-20(21)25-12-6-3-7-13-25;/h2,4-5,9-10,19H,3,6-8,11-17H2,1H3,(H2,21,22);1H. The van der Waals surface area contributed by atoms with E-state index in [-0.39, 0.29) is 24.0 Å². The van der Waals surface area contributed by atoms with Crippen molar-refractivity contribution in [3.63, 3.8) is 0 Å². The van der Waals surface area contributed by atoms with Gasteiger partial charge in [0.1, 0.15) is 0 Å². The number of hydrogen-bond acceptors (Lipinski definition) is 3. The lowest BCUT2D eigenvalue weighted by atomic mass is 10.0. The largest absolute Gasteiger partial charge is 0.370 e. The molecule has 1 atom stereocenters. The fourth-order valence-electron chi connectivity index (χ4n) is 3.91. The second-order valence-electron chi connectivity index (χ2n) is 7.37. The minimum atomic E-state index is 0. The molecule has 2 aliphatic rings. The highest BCUT2D eigenvalue weighted by atomic mass is 127. The van der Waals surface area contributed by atoms with Crippen LogP contribution in [0.15, 0.2) is 35.3 Å². The van der Waals surface area contributed by atoms with Gasteiger partial charge in [-0.2, -0.15) is 0 Å². The van der Waals surface area contributed by atoms with Crippen LogP contribution in [-0.2, 0) is 0 Å². The van der Waals surface area contributed by atoms with Gasteiger partial charge in [0, 0.05) is 51.9 Å². The van der Waals surface area contributed by atoms with Crippen LogP contribution in [0.2, 0.25) is 0 Å². The Morgan fingerprint density at radius 1 is 1.08 bits per heavy atom. The van der Waals surface area contributed by atoms with Crippen molar-refractivity contribution in [1.82, 2.24) is 14.7 Å². The van der Waals surface area contributed by atoms with Gasteiger partial charge in [0.25, 0.3) is 0 Å². The average molecular weight is 471 g/mol. The van der Waals surface area contributed by atoms with Crippen LogP contribution in [0.5, 0.6) is 0 Å². The molecule has 2 N–H and O–H groups in total. The number of halogens is 1. The van der Waals surface area contributed by atoms with Crippen LogP contribution in [0.4, 0.5) is 0 Å². The topological polar surface area (TPSA) is 48.1 Å². The smallest absolute Gasteiger partial charge is 0.191 e.